The molecule has 0 unspecified atom stereocenters. The fourth-order valence-electron chi connectivity index (χ4n) is 2.49. The summed E-state index contributed by atoms with van der Waals surface area (Å²) < 4.78 is 0. The number of nitrogens with two attached hydrogens (primary N) is 1. The van der Waals surface area contributed by atoms with Crippen molar-refractivity contribution in [3.8, 4) is 0 Å². The maximum absolute atomic E-state index is 5.87. The fourth-order valence-corrected chi connectivity index (χ4v) is 2.49. The summed E-state index contributed by atoms with van der Waals surface area (Å²) in [5, 5.41) is 0. The molecule has 2 aliphatic carbocycles. The number of hydrogen-bond acceptors (Lipinski definition) is 2. The summed E-state index contributed by atoms with van der Waals surface area (Å²) in [7, 11) is 0. The second kappa shape index (κ2) is 4.34. The van der Waals surface area contributed by atoms with Crippen LogP contribution in [0.4, 0.5) is 5.69 Å². The normalized spacial score (nSPS) is 19.9. The van der Waals surface area contributed by atoms with Crippen LogP contribution in [-0.4, -0.2) is 17.5 Å². The molecule has 1 aromatic carbocycles. The lowest BCUT2D eigenvalue weighted by atomic mass is 10.1. The van der Waals surface area contributed by atoms with Gasteiger partial charge in [0.2, 0.25) is 0 Å². The molecule has 0 spiro atoms. The van der Waals surface area contributed by atoms with Gasteiger partial charge in [0, 0.05) is 24.8 Å². The minimum Gasteiger partial charge on any atom is -0.399 e. The zero-order valence-corrected chi connectivity index (χ0v) is 10.7. The van der Waals surface area contributed by atoms with Crippen LogP contribution in [0.25, 0.3) is 0 Å². The Kier molecular flexibility index (Phi) is 2.83. The van der Waals surface area contributed by atoms with Crippen LogP contribution in [0.5, 0.6) is 0 Å². The largest absolute Gasteiger partial charge is 0.399 e. The Balaban J connectivity index is 1.67. The lowest BCUT2D eigenvalue weighted by molar-refractivity contribution is 0.244. The molecule has 2 aliphatic rings. The molecule has 0 saturated heterocycles. The minimum atomic E-state index is 0.869. The molecule has 0 aliphatic heterocycles. The zero-order chi connectivity index (χ0) is 11.8. The molecule has 0 aromatic heterocycles. The van der Waals surface area contributed by atoms with E-state index in [1.807, 2.05) is 6.07 Å². The molecule has 2 heteroatoms. The fraction of sp³-hybridized carbons (Fsp3) is 0.600. The highest BCUT2D eigenvalue weighted by Crippen LogP contribution is 2.35. The number of aryl methyl sites for hydroxylation is 1. The van der Waals surface area contributed by atoms with E-state index in [0.717, 1.165) is 24.2 Å². The maximum atomic E-state index is 5.87. The third kappa shape index (κ3) is 2.81. The number of rotatable bonds is 5. The van der Waals surface area contributed by atoms with Crippen LogP contribution >= 0.6 is 0 Å². The number of benzene rings is 1. The smallest absolute Gasteiger partial charge is 0.0343 e. The van der Waals surface area contributed by atoms with E-state index in [9.17, 15) is 0 Å². The molecule has 1 aromatic rings. The number of hydrogen-bond donors (Lipinski definition) is 1. The van der Waals surface area contributed by atoms with Crippen molar-refractivity contribution >= 4 is 5.69 Å². The summed E-state index contributed by atoms with van der Waals surface area (Å²) >= 11 is 0. The van der Waals surface area contributed by atoms with Gasteiger partial charge in [-0.05, 0) is 55.7 Å². The minimum absolute atomic E-state index is 0.869. The summed E-state index contributed by atoms with van der Waals surface area (Å²) in [6.45, 7) is 4.53. The average Bonchev–Trinajstić information content (AvgIpc) is 3.15. The highest BCUT2D eigenvalue weighted by atomic mass is 15.2. The first-order valence-electron chi connectivity index (χ1n) is 6.81. The van der Waals surface area contributed by atoms with Gasteiger partial charge in [-0.1, -0.05) is 12.1 Å². The van der Waals surface area contributed by atoms with Gasteiger partial charge in [-0.15, -0.1) is 0 Å². The van der Waals surface area contributed by atoms with Crippen molar-refractivity contribution in [3.63, 3.8) is 0 Å². The Bertz CT molecular complexity index is 405. The molecule has 2 saturated carbocycles. The average molecular weight is 230 g/mol. The van der Waals surface area contributed by atoms with Crippen LogP contribution in [0, 0.1) is 12.8 Å². The predicted molar refractivity (Wildman–Crippen MR) is 71.7 cm³/mol. The standard InChI is InChI=1S/C15H22N2/c1-11-8-13(4-7-15(11)16)10-17(14-5-6-14)9-12-2-3-12/h4,7-8,12,14H,2-3,5-6,9-10,16H2,1H3. The third-order valence-electron chi connectivity index (χ3n) is 3.97. The molecule has 3 rings (SSSR count). The van der Waals surface area contributed by atoms with E-state index in [4.69, 9.17) is 5.73 Å². The lowest BCUT2D eigenvalue weighted by Gasteiger charge is -2.22. The van der Waals surface area contributed by atoms with Crippen LogP contribution < -0.4 is 5.73 Å². The van der Waals surface area contributed by atoms with Gasteiger partial charge in [-0.25, -0.2) is 0 Å². The number of nitrogen functional groups attached to an aromatic ring is 1. The summed E-state index contributed by atoms with van der Waals surface area (Å²) in [5.41, 5.74) is 9.41. The Labute approximate surface area is 104 Å². The molecule has 92 valence electrons. The van der Waals surface area contributed by atoms with Crippen molar-refractivity contribution in [2.75, 3.05) is 12.3 Å². The first kappa shape index (κ1) is 11.1. The molecule has 0 radical (unpaired) electrons. The Morgan fingerprint density at radius 3 is 2.59 bits per heavy atom. The van der Waals surface area contributed by atoms with E-state index >= 15 is 0 Å². The monoisotopic (exact) mass is 230 g/mol. The van der Waals surface area contributed by atoms with Gasteiger partial charge in [-0.3, -0.25) is 4.90 Å². The molecule has 17 heavy (non-hydrogen) atoms. The van der Waals surface area contributed by atoms with E-state index in [1.165, 1.54) is 43.4 Å². The SMILES string of the molecule is Cc1cc(CN(CC2CC2)C2CC2)ccc1N. The van der Waals surface area contributed by atoms with Crippen molar-refractivity contribution in [1.29, 1.82) is 0 Å². The number of nitrogens with zero attached hydrogens (tertiary/aromatic N) is 1. The molecule has 0 amide bonds. The first-order chi connectivity index (χ1) is 8.22. The molecule has 2 fully saturated rings. The van der Waals surface area contributed by atoms with Gasteiger partial charge in [0.05, 0.1) is 0 Å². The van der Waals surface area contributed by atoms with Crippen LogP contribution in [0.15, 0.2) is 18.2 Å². The predicted octanol–water partition coefficient (Wildman–Crippen LogP) is 2.95. The van der Waals surface area contributed by atoms with E-state index in [2.05, 4.69) is 24.0 Å². The van der Waals surface area contributed by atoms with Crippen molar-refractivity contribution in [3.05, 3.63) is 29.3 Å². The Morgan fingerprint density at radius 1 is 1.24 bits per heavy atom. The molecule has 0 atom stereocenters. The Morgan fingerprint density at radius 2 is 2.00 bits per heavy atom. The summed E-state index contributed by atoms with van der Waals surface area (Å²) in [6, 6.07) is 7.35. The molecular weight excluding hydrogens is 208 g/mol. The van der Waals surface area contributed by atoms with Gasteiger partial charge in [-0.2, -0.15) is 0 Å². The lowest BCUT2D eigenvalue weighted by Crippen LogP contribution is -2.27. The van der Waals surface area contributed by atoms with Gasteiger partial charge in [0.15, 0.2) is 0 Å². The quantitative estimate of drug-likeness (QED) is 0.788. The maximum Gasteiger partial charge on any atom is 0.0343 e. The van der Waals surface area contributed by atoms with Gasteiger partial charge >= 0.3 is 0 Å². The Hall–Kier alpha value is -1.02. The van der Waals surface area contributed by atoms with E-state index in [-0.39, 0.29) is 0 Å². The summed E-state index contributed by atoms with van der Waals surface area (Å²) in [5.74, 6) is 0.991. The van der Waals surface area contributed by atoms with E-state index in [1.54, 1.807) is 0 Å². The van der Waals surface area contributed by atoms with Crippen LogP contribution in [0.1, 0.15) is 36.8 Å². The molecule has 2 nitrogen and oxygen atoms in total. The van der Waals surface area contributed by atoms with Crippen molar-refractivity contribution in [2.45, 2.75) is 45.2 Å². The van der Waals surface area contributed by atoms with Crippen molar-refractivity contribution < 1.29 is 0 Å². The van der Waals surface area contributed by atoms with E-state index in [0.29, 0.717) is 0 Å². The van der Waals surface area contributed by atoms with Gasteiger partial charge < -0.3 is 5.73 Å². The van der Waals surface area contributed by atoms with Crippen molar-refractivity contribution in [2.24, 2.45) is 5.92 Å². The third-order valence-corrected chi connectivity index (χ3v) is 3.97. The van der Waals surface area contributed by atoms with Crippen LogP contribution in [0.2, 0.25) is 0 Å². The van der Waals surface area contributed by atoms with E-state index < -0.39 is 0 Å². The molecule has 0 heterocycles. The second-order valence-corrected chi connectivity index (χ2v) is 5.79. The summed E-state index contributed by atoms with van der Waals surface area (Å²) in [6.07, 6.45) is 5.70. The van der Waals surface area contributed by atoms with Gasteiger partial charge in [0.25, 0.3) is 0 Å². The molecular formula is C15H22N2. The van der Waals surface area contributed by atoms with Crippen LogP contribution in [0.3, 0.4) is 0 Å². The summed E-state index contributed by atoms with van der Waals surface area (Å²) in [4.78, 5) is 2.68. The first-order valence-corrected chi connectivity index (χ1v) is 6.81. The second-order valence-electron chi connectivity index (χ2n) is 5.79. The molecule has 0 bridgehead atoms. The topological polar surface area (TPSA) is 29.3 Å². The zero-order valence-electron chi connectivity index (χ0n) is 10.7. The van der Waals surface area contributed by atoms with Crippen molar-refractivity contribution in [1.82, 2.24) is 4.90 Å². The van der Waals surface area contributed by atoms with Gasteiger partial charge in [0.1, 0.15) is 0 Å². The highest BCUT2D eigenvalue weighted by molar-refractivity contribution is 5.47. The number of anilines is 1. The molecule has 2 N–H and O–H groups in total. The highest BCUT2D eigenvalue weighted by Gasteiger charge is 2.33. The van der Waals surface area contributed by atoms with Crippen LogP contribution in [-0.2, 0) is 6.54 Å².